The van der Waals surface area contributed by atoms with Crippen LogP contribution >= 0.6 is 11.6 Å². The van der Waals surface area contributed by atoms with Gasteiger partial charge in [-0.2, -0.15) is 0 Å². The number of rotatable bonds is 2. The molecule has 1 fully saturated rings. The van der Waals surface area contributed by atoms with Crippen molar-refractivity contribution in [1.82, 2.24) is 0 Å². The Bertz CT molecular complexity index is 356. The molecule has 1 aliphatic heterocycles. The molecule has 1 aliphatic rings. The van der Waals surface area contributed by atoms with Crippen LogP contribution in [0.2, 0.25) is 5.02 Å². The lowest BCUT2D eigenvalue weighted by molar-refractivity contribution is 0.266. The molecule has 82 valence electrons. The average molecular weight is 227 g/mol. The topological polar surface area (TPSA) is 49.5 Å². The standard InChI is InChI=1S/C11H15ClN2O/c12-8-3-4-10(13)11(6-8)14-5-1-2-9(14)7-15/h3-4,6,9,15H,1-2,5,7,13H2. The van der Waals surface area contributed by atoms with Gasteiger partial charge in [0, 0.05) is 11.6 Å². The number of nitrogens with zero attached hydrogens (tertiary/aromatic N) is 1. The average Bonchev–Trinajstić information content (AvgIpc) is 2.69. The Hall–Kier alpha value is -0.930. The van der Waals surface area contributed by atoms with Crippen LogP contribution in [0.25, 0.3) is 0 Å². The van der Waals surface area contributed by atoms with Gasteiger partial charge >= 0.3 is 0 Å². The maximum atomic E-state index is 9.24. The second kappa shape index (κ2) is 4.29. The van der Waals surface area contributed by atoms with E-state index in [2.05, 4.69) is 4.90 Å². The molecule has 0 aliphatic carbocycles. The Balaban J connectivity index is 2.31. The monoisotopic (exact) mass is 226 g/mol. The van der Waals surface area contributed by atoms with Crippen molar-refractivity contribution in [3.8, 4) is 0 Å². The van der Waals surface area contributed by atoms with Gasteiger partial charge in [0.25, 0.3) is 0 Å². The van der Waals surface area contributed by atoms with Crippen molar-refractivity contribution in [2.75, 3.05) is 23.8 Å². The van der Waals surface area contributed by atoms with Crippen molar-refractivity contribution in [3.05, 3.63) is 23.2 Å². The molecule has 15 heavy (non-hydrogen) atoms. The predicted octanol–water partition coefficient (Wildman–Crippen LogP) is 1.88. The smallest absolute Gasteiger partial charge is 0.0635 e. The summed E-state index contributed by atoms with van der Waals surface area (Å²) in [4.78, 5) is 2.14. The van der Waals surface area contributed by atoms with Crippen molar-refractivity contribution in [3.63, 3.8) is 0 Å². The van der Waals surface area contributed by atoms with E-state index in [0.29, 0.717) is 5.02 Å². The van der Waals surface area contributed by atoms with Crippen LogP contribution in [-0.4, -0.2) is 24.3 Å². The Kier molecular flexibility index (Phi) is 3.03. The molecule has 1 unspecified atom stereocenters. The van der Waals surface area contributed by atoms with Gasteiger partial charge in [0.2, 0.25) is 0 Å². The molecule has 2 rings (SSSR count). The fourth-order valence-electron chi connectivity index (χ4n) is 2.11. The number of aliphatic hydroxyl groups is 1. The van der Waals surface area contributed by atoms with Gasteiger partial charge in [-0.1, -0.05) is 11.6 Å². The van der Waals surface area contributed by atoms with Crippen molar-refractivity contribution in [2.45, 2.75) is 18.9 Å². The van der Waals surface area contributed by atoms with Gasteiger partial charge in [0.15, 0.2) is 0 Å². The number of anilines is 2. The third-order valence-electron chi connectivity index (χ3n) is 2.89. The summed E-state index contributed by atoms with van der Waals surface area (Å²) < 4.78 is 0. The van der Waals surface area contributed by atoms with Crippen LogP contribution in [0.4, 0.5) is 11.4 Å². The zero-order valence-electron chi connectivity index (χ0n) is 8.49. The highest BCUT2D eigenvalue weighted by atomic mass is 35.5. The predicted molar refractivity (Wildman–Crippen MR) is 63.3 cm³/mol. The molecule has 1 saturated heterocycles. The largest absolute Gasteiger partial charge is 0.397 e. The van der Waals surface area contributed by atoms with E-state index < -0.39 is 0 Å². The third kappa shape index (κ3) is 2.03. The molecule has 0 spiro atoms. The van der Waals surface area contributed by atoms with Gasteiger partial charge in [0.1, 0.15) is 0 Å². The number of hydrogen-bond acceptors (Lipinski definition) is 3. The molecule has 1 heterocycles. The Morgan fingerprint density at radius 2 is 2.33 bits per heavy atom. The second-order valence-corrected chi connectivity index (χ2v) is 4.31. The summed E-state index contributed by atoms with van der Waals surface area (Å²) in [6.07, 6.45) is 2.11. The van der Waals surface area contributed by atoms with Crippen LogP contribution < -0.4 is 10.6 Å². The summed E-state index contributed by atoms with van der Waals surface area (Å²) in [6.45, 7) is 1.11. The van der Waals surface area contributed by atoms with E-state index in [1.807, 2.05) is 12.1 Å². The summed E-state index contributed by atoms with van der Waals surface area (Å²) >= 11 is 5.94. The van der Waals surface area contributed by atoms with Gasteiger partial charge in [-0.25, -0.2) is 0 Å². The normalized spacial score (nSPS) is 20.9. The highest BCUT2D eigenvalue weighted by molar-refractivity contribution is 6.31. The number of halogens is 1. The third-order valence-corrected chi connectivity index (χ3v) is 3.12. The van der Waals surface area contributed by atoms with Crippen molar-refractivity contribution in [1.29, 1.82) is 0 Å². The van der Waals surface area contributed by atoms with E-state index in [0.717, 1.165) is 30.8 Å². The van der Waals surface area contributed by atoms with Crippen LogP contribution in [0, 0.1) is 0 Å². The van der Waals surface area contributed by atoms with E-state index in [1.54, 1.807) is 6.07 Å². The molecular formula is C11H15ClN2O. The minimum atomic E-state index is 0.173. The van der Waals surface area contributed by atoms with Crippen LogP contribution in [-0.2, 0) is 0 Å². The highest BCUT2D eigenvalue weighted by Gasteiger charge is 2.25. The molecule has 1 aromatic rings. The van der Waals surface area contributed by atoms with Crippen molar-refractivity contribution >= 4 is 23.0 Å². The number of benzene rings is 1. The molecule has 1 atom stereocenters. The SMILES string of the molecule is Nc1ccc(Cl)cc1N1CCCC1CO. The molecule has 4 heteroatoms. The maximum Gasteiger partial charge on any atom is 0.0635 e. The molecule has 3 N–H and O–H groups in total. The first-order chi connectivity index (χ1) is 7.22. The molecule has 0 aromatic heterocycles. The van der Waals surface area contributed by atoms with Gasteiger partial charge in [-0.15, -0.1) is 0 Å². The first-order valence-electron chi connectivity index (χ1n) is 5.15. The first kappa shape index (κ1) is 10.6. The highest BCUT2D eigenvalue weighted by Crippen LogP contribution is 2.32. The van der Waals surface area contributed by atoms with E-state index in [9.17, 15) is 5.11 Å². The fraction of sp³-hybridized carbons (Fsp3) is 0.455. The van der Waals surface area contributed by atoms with Crippen molar-refractivity contribution in [2.24, 2.45) is 0 Å². The van der Waals surface area contributed by atoms with Crippen LogP contribution in [0.15, 0.2) is 18.2 Å². The summed E-state index contributed by atoms with van der Waals surface area (Å²) in [5, 5.41) is 9.93. The van der Waals surface area contributed by atoms with Crippen LogP contribution in [0.1, 0.15) is 12.8 Å². The lowest BCUT2D eigenvalue weighted by atomic mass is 10.2. The van der Waals surface area contributed by atoms with Gasteiger partial charge in [-0.05, 0) is 31.0 Å². The molecule has 0 radical (unpaired) electrons. The minimum absolute atomic E-state index is 0.173. The van der Waals surface area contributed by atoms with E-state index in [1.165, 1.54) is 0 Å². The minimum Gasteiger partial charge on any atom is -0.397 e. The Labute approximate surface area is 94.4 Å². The summed E-state index contributed by atoms with van der Waals surface area (Å²) in [5.41, 5.74) is 7.57. The van der Waals surface area contributed by atoms with E-state index in [-0.39, 0.29) is 12.6 Å². The molecule has 3 nitrogen and oxygen atoms in total. The van der Waals surface area contributed by atoms with E-state index >= 15 is 0 Å². The quantitative estimate of drug-likeness (QED) is 0.758. The second-order valence-electron chi connectivity index (χ2n) is 3.88. The lowest BCUT2D eigenvalue weighted by Crippen LogP contribution is -2.32. The zero-order valence-corrected chi connectivity index (χ0v) is 9.24. The first-order valence-corrected chi connectivity index (χ1v) is 5.52. The van der Waals surface area contributed by atoms with Crippen LogP contribution in [0.3, 0.4) is 0 Å². The summed E-state index contributed by atoms with van der Waals surface area (Å²) in [6, 6.07) is 5.64. The summed E-state index contributed by atoms with van der Waals surface area (Å²) in [5.74, 6) is 0. The van der Waals surface area contributed by atoms with Crippen LogP contribution in [0.5, 0.6) is 0 Å². The fourth-order valence-corrected chi connectivity index (χ4v) is 2.27. The maximum absolute atomic E-state index is 9.24. The Morgan fingerprint density at radius 3 is 3.07 bits per heavy atom. The number of nitrogen functional groups attached to an aromatic ring is 1. The molecule has 0 bridgehead atoms. The molecular weight excluding hydrogens is 212 g/mol. The lowest BCUT2D eigenvalue weighted by Gasteiger charge is -2.26. The molecule has 1 aromatic carbocycles. The van der Waals surface area contributed by atoms with Gasteiger partial charge in [-0.3, -0.25) is 0 Å². The number of hydrogen-bond donors (Lipinski definition) is 2. The van der Waals surface area contributed by atoms with Crippen molar-refractivity contribution < 1.29 is 5.11 Å². The zero-order chi connectivity index (χ0) is 10.8. The van der Waals surface area contributed by atoms with E-state index in [4.69, 9.17) is 17.3 Å². The van der Waals surface area contributed by atoms with Gasteiger partial charge < -0.3 is 15.7 Å². The number of aliphatic hydroxyl groups excluding tert-OH is 1. The number of nitrogens with two attached hydrogens (primary N) is 1. The Morgan fingerprint density at radius 1 is 1.53 bits per heavy atom. The molecule has 0 amide bonds. The summed E-state index contributed by atoms with van der Waals surface area (Å²) in [7, 11) is 0. The van der Waals surface area contributed by atoms with Gasteiger partial charge in [0.05, 0.1) is 24.0 Å². The molecule has 0 saturated carbocycles.